The van der Waals surface area contributed by atoms with E-state index < -0.39 is 55.1 Å². The van der Waals surface area contributed by atoms with Gasteiger partial charge in [-0.05, 0) is 201 Å². The fourth-order valence-corrected chi connectivity index (χ4v) is 20.8. The zero-order valence-corrected chi connectivity index (χ0v) is 64.6. The summed E-state index contributed by atoms with van der Waals surface area (Å²) in [5.41, 5.74) is 22.4. The molecular formula is C114H70BN5. The van der Waals surface area contributed by atoms with Crippen LogP contribution in [0.4, 0.5) is 34.1 Å². The van der Waals surface area contributed by atoms with Gasteiger partial charge in [-0.25, -0.2) is 0 Å². The highest BCUT2D eigenvalue weighted by Gasteiger charge is 2.47. The summed E-state index contributed by atoms with van der Waals surface area (Å²) in [4.78, 5) is 5.02. The third kappa shape index (κ3) is 9.61. The summed E-state index contributed by atoms with van der Waals surface area (Å²) >= 11 is 0. The van der Waals surface area contributed by atoms with Crippen molar-refractivity contribution < 1.29 is 11.0 Å². The fraction of sp³-hybridized carbons (Fsp3) is 0. The molecule has 24 aromatic rings. The number of anilines is 6. The molecule has 554 valence electrons. The van der Waals surface area contributed by atoms with Gasteiger partial charge in [0.25, 0.3) is 6.71 Å². The number of nitrogens with zero attached hydrogens (tertiary/aromatic N) is 5. The van der Waals surface area contributed by atoms with Crippen molar-refractivity contribution in [2.45, 2.75) is 0 Å². The zero-order valence-electron chi connectivity index (χ0n) is 72.6. The minimum Gasteiger partial charge on any atom is -0.310 e. The first-order chi connectivity index (χ1) is 62.9. The van der Waals surface area contributed by atoms with Crippen LogP contribution in [0.25, 0.3) is 192 Å². The van der Waals surface area contributed by atoms with Crippen molar-refractivity contribution in [1.29, 1.82) is 0 Å². The molecule has 21 aromatic carbocycles. The minimum absolute atomic E-state index is 0.00401. The molecule has 0 bridgehead atoms. The Bertz CT molecular complexity index is 8500. The van der Waals surface area contributed by atoms with E-state index in [-0.39, 0.29) is 21.8 Å². The maximum atomic E-state index is 10.4. The van der Waals surface area contributed by atoms with Gasteiger partial charge in [-0.2, -0.15) is 0 Å². The highest BCUT2D eigenvalue weighted by Crippen LogP contribution is 2.57. The summed E-state index contributed by atoms with van der Waals surface area (Å²) in [5.74, 6) is 0. The molecule has 0 unspecified atom stereocenters. The molecule has 0 saturated heterocycles. The first-order valence-corrected chi connectivity index (χ1v) is 41.0. The van der Waals surface area contributed by atoms with Gasteiger partial charge in [-0.1, -0.05) is 327 Å². The molecule has 0 atom stereocenters. The van der Waals surface area contributed by atoms with Gasteiger partial charge < -0.3 is 23.5 Å². The van der Waals surface area contributed by atoms with Crippen molar-refractivity contribution in [3.63, 3.8) is 0 Å². The number of benzene rings is 21. The van der Waals surface area contributed by atoms with Gasteiger partial charge in [-0.3, -0.25) is 0 Å². The molecule has 5 heterocycles. The minimum atomic E-state index is -0.672. The second-order valence-corrected chi connectivity index (χ2v) is 31.9. The molecule has 0 aliphatic carbocycles. The van der Waals surface area contributed by atoms with Crippen LogP contribution in [0.3, 0.4) is 0 Å². The van der Waals surface area contributed by atoms with E-state index in [1.807, 2.05) is 0 Å². The largest absolute Gasteiger partial charge is 0.310 e. The Morgan fingerprint density at radius 1 is 0.208 bits per heavy atom. The average molecular weight is 1530 g/mol. The van der Waals surface area contributed by atoms with Gasteiger partial charge >= 0.3 is 0 Å². The van der Waals surface area contributed by atoms with Crippen molar-refractivity contribution in [2.24, 2.45) is 0 Å². The molecular weight excluding hydrogens is 1450 g/mol. The highest BCUT2D eigenvalue weighted by atomic mass is 15.2. The number of hydrogen-bond donors (Lipinski definition) is 0. The molecule has 26 rings (SSSR count). The van der Waals surface area contributed by atoms with Crippen LogP contribution in [0.15, 0.2) is 424 Å². The first kappa shape index (κ1) is 59.0. The molecule has 6 heteroatoms. The van der Waals surface area contributed by atoms with Crippen LogP contribution < -0.4 is 26.2 Å². The van der Waals surface area contributed by atoms with Crippen molar-refractivity contribution in [2.75, 3.05) is 9.80 Å². The van der Waals surface area contributed by atoms with Gasteiger partial charge in [0, 0.05) is 88.3 Å². The topological polar surface area (TPSA) is 21.3 Å². The number of aromatic nitrogens is 3. The first-order valence-electron chi connectivity index (χ1n) is 45.0. The van der Waals surface area contributed by atoms with Crippen molar-refractivity contribution in [3.05, 3.63) is 424 Å². The smallest absolute Gasteiger partial charge is 0.252 e. The van der Waals surface area contributed by atoms with Gasteiger partial charge in [0.15, 0.2) is 0 Å². The number of fused-ring (bicyclic) bond motifs is 21. The number of rotatable bonds is 9. The van der Waals surface area contributed by atoms with Gasteiger partial charge in [0.1, 0.15) is 0 Å². The maximum absolute atomic E-state index is 10.4. The summed E-state index contributed by atoms with van der Waals surface area (Å²) in [7, 11) is 0. The number of para-hydroxylation sites is 4. The normalized spacial score (nSPS) is 13.6. The van der Waals surface area contributed by atoms with Crippen LogP contribution in [0.1, 0.15) is 11.0 Å². The lowest BCUT2D eigenvalue weighted by molar-refractivity contribution is 1.16. The van der Waals surface area contributed by atoms with Crippen molar-refractivity contribution in [3.8, 4) is 61.6 Å². The summed E-state index contributed by atoms with van der Waals surface area (Å²) in [6.45, 7) is -0.672. The Balaban J connectivity index is 0.920. The highest BCUT2D eigenvalue weighted by molar-refractivity contribution is 7.00. The molecule has 120 heavy (non-hydrogen) atoms. The Labute approximate surface area is 703 Å². The number of hydrogen-bond acceptors (Lipinski definition) is 2. The monoisotopic (exact) mass is 1530 g/mol. The Kier molecular flexibility index (Phi) is 12.7. The zero-order chi connectivity index (χ0) is 85.3. The lowest BCUT2D eigenvalue weighted by atomic mass is 9.33. The molecule has 0 radical (unpaired) electrons. The molecule has 0 fully saturated rings. The Morgan fingerprint density at radius 2 is 0.550 bits per heavy atom. The summed E-state index contributed by atoms with van der Waals surface area (Å²) in [6, 6.07) is 133. The van der Waals surface area contributed by atoms with E-state index in [4.69, 9.17) is 0 Å². The van der Waals surface area contributed by atoms with E-state index in [1.54, 1.807) is 4.57 Å². The second-order valence-electron chi connectivity index (χ2n) is 31.9. The van der Waals surface area contributed by atoms with Crippen LogP contribution in [-0.4, -0.2) is 20.4 Å². The SMILES string of the molecule is [2H]c1c([2H])c([2H])c2c(c1[2H])c1c([2H])c([2H])c([2H])c([2H])c1n2-c1cc2c3c(c1)N(c1c(-c4ccccc4)c4ccccc4c4ccccc14)c1cc4c5cc(-c6cccc7ccccc67)ccc5n(-c5ccccc5)c4cc1B3c1cc3c(cc1N2c1c(-c2ccccc2)c2ccccc2c2ccccc12)c1cc(-c2cccc4ccccc24)ccc1n3-c1ccccc1. The van der Waals surface area contributed by atoms with E-state index >= 15 is 0 Å². The fourth-order valence-electron chi connectivity index (χ4n) is 20.8. The average Bonchev–Trinajstić information content (AvgIpc) is 1.16. The summed E-state index contributed by atoms with van der Waals surface area (Å²) in [6.07, 6.45) is 0. The van der Waals surface area contributed by atoms with Crippen molar-refractivity contribution in [1.82, 2.24) is 13.7 Å². The van der Waals surface area contributed by atoms with E-state index in [0.29, 0.717) is 5.69 Å². The standard InChI is InChI=1S/C114H70BN5/c1-5-33-73(34-6-1)110-90-51-21-17-45-84(90)86-47-19-23-53-92(86)113(110)119-106-67-96-94-63-75(82-55-29-37-71-31-13-15-43-80(71)82)59-61-102(94)116(77-39-9-3-10-40-77)104(96)69-98(106)115-99-70-105-97(95-64-76(83-56-30-38-72-32-14-16-44-81(72)83)60-62-103(95)117(105)78-41-11-4-12-42-78)68-107(99)120(114-93-54-24-20-48-87(93)85-46-18-22-52-91(85)111(114)74-35-7-2-8-36-74)109-66-79(65-108(119)112(109)115)118-100-57-27-25-49-88(100)89-50-26-28-58-101(89)118/h1-70H/i25D,26D,27D,28D,49D,50D,57D,58D. The van der Waals surface area contributed by atoms with Crippen LogP contribution >= 0.6 is 0 Å². The second kappa shape index (κ2) is 25.9. The van der Waals surface area contributed by atoms with Gasteiger partial charge in [-0.15, -0.1) is 0 Å². The van der Waals surface area contributed by atoms with E-state index in [2.05, 4.69) is 395 Å². The van der Waals surface area contributed by atoms with Gasteiger partial charge in [0.2, 0.25) is 0 Å². The lowest BCUT2D eigenvalue weighted by Crippen LogP contribution is -2.61. The summed E-state index contributed by atoms with van der Waals surface area (Å²) in [5, 5.41) is 16.6. The molecule has 3 aromatic heterocycles. The molecule has 0 saturated carbocycles. The molecule has 2 aliphatic heterocycles. The molecule has 5 nitrogen and oxygen atoms in total. The maximum Gasteiger partial charge on any atom is 0.252 e. The molecule has 2 aliphatic rings. The van der Waals surface area contributed by atoms with Gasteiger partial charge in [0.05, 0.1) is 61.1 Å². The van der Waals surface area contributed by atoms with E-state index in [9.17, 15) is 11.0 Å². The van der Waals surface area contributed by atoms with E-state index in [0.717, 1.165) is 215 Å². The Morgan fingerprint density at radius 3 is 0.983 bits per heavy atom. The van der Waals surface area contributed by atoms with Crippen molar-refractivity contribution >= 4 is 187 Å². The molecule has 0 N–H and O–H groups in total. The predicted octanol–water partition coefficient (Wildman–Crippen LogP) is 28.6. The predicted molar refractivity (Wildman–Crippen MR) is 510 cm³/mol. The van der Waals surface area contributed by atoms with Crippen LogP contribution in [0.5, 0.6) is 0 Å². The van der Waals surface area contributed by atoms with E-state index in [1.165, 1.54) is 0 Å². The lowest BCUT2D eigenvalue weighted by Gasteiger charge is -2.46. The van der Waals surface area contributed by atoms with Crippen LogP contribution in [0, 0.1) is 0 Å². The van der Waals surface area contributed by atoms with Crippen LogP contribution in [-0.2, 0) is 0 Å². The summed E-state index contributed by atoms with van der Waals surface area (Å²) < 4.78 is 86.1. The molecule has 0 spiro atoms. The Hall–Kier alpha value is -15.8. The quantitative estimate of drug-likeness (QED) is 0.106. The third-order valence-electron chi connectivity index (χ3n) is 25.7. The third-order valence-corrected chi connectivity index (χ3v) is 25.7. The molecule has 0 amide bonds. The van der Waals surface area contributed by atoms with Crippen LogP contribution in [0.2, 0.25) is 0 Å².